The zero-order valence-corrected chi connectivity index (χ0v) is 18.9. The Morgan fingerprint density at radius 1 is 1.20 bits per heavy atom. The second kappa shape index (κ2) is 11.8. The lowest BCUT2D eigenvalue weighted by Gasteiger charge is -2.14. The van der Waals surface area contributed by atoms with E-state index in [4.69, 9.17) is 4.98 Å². The van der Waals surface area contributed by atoms with Gasteiger partial charge in [-0.15, -0.1) is 0 Å². The molecule has 1 aromatic carbocycles. The van der Waals surface area contributed by atoms with Crippen molar-refractivity contribution in [3.8, 4) is 11.3 Å². The second-order valence-electron chi connectivity index (χ2n) is 7.34. The molecule has 4 heteroatoms. The van der Waals surface area contributed by atoms with Gasteiger partial charge in [-0.25, -0.2) is 4.98 Å². The summed E-state index contributed by atoms with van der Waals surface area (Å²) in [5, 5.41) is 3.52. The first-order valence-corrected chi connectivity index (χ1v) is 10.5. The van der Waals surface area contributed by atoms with Crippen molar-refractivity contribution in [3.63, 3.8) is 0 Å². The van der Waals surface area contributed by atoms with Gasteiger partial charge < -0.3 is 10.2 Å². The predicted octanol–water partition coefficient (Wildman–Crippen LogP) is 6.15. The zero-order valence-electron chi connectivity index (χ0n) is 18.9. The molecule has 30 heavy (non-hydrogen) atoms. The number of benzene rings is 1. The lowest BCUT2D eigenvalue weighted by molar-refractivity contribution is 0.566. The van der Waals surface area contributed by atoms with Crippen LogP contribution >= 0.6 is 0 Å². The monoisotopic (exact) mass is 402 g/mol. The van der Waals surface area contributed by atoms with E-state index in [0.29, 0.717) is 0 Å². The van der Waals surface area contributed by atoms with Gasteiger partial charge in [-0.05, 0) is 48.3 Å². The lowest BCUT2D eigenvalue weighted by atomic mass is 10.0. The maximum atomic E-state index is 4.98. The van der Waals surface area contributed by atoms with E-state index in [0.717, 1.165) is 58.7 Å². The summed E-state index contributed by atoms with van der Waals surface area (Å²) in [5.74, 6) is 0.895. The molecule has 0 amide bonds. The summed E-state index contributed by atoms with van der Waals surface area (Å²) in [6.45, 7) is 9.08. The van der Waals surface area contributed by atoms with E-state index in [-0.39, 0.29) is 0 Å². The molecule has 0 aliphatic heterocycles. The number of unbranched alkanes of at least 4 members (excludes halogenated alkanes) is 1. The van der Waals surface area contributed by atoms with Crippen LogP contribution in [0.15, 0.2) is 66.3 Å². The first-order valence-electron chi connectivity index (χ1n) is 10.5. The van der Waals surface area contributed by atoms with Gasteiger partial charge in [-0.1, -0.05) is 50.3 Å². The van der Waals surface area contributed by atoms with Crippen LogP contribution in [-0.2, 0) is 0 Å². The summed E-state index contributed by atoms with van der Waals surface area (Å²) in [6.07, 6.45) is 10.1. The molecule has 1 heterocycles. The third-order valence-corrected chi connectivity index (χ3v) is 4.72. The van der Waals surface area contributed by atoms with Gasteiger partial charge in [0.2, 0.25) is 0 Å². The van der Waals surface area contributed by atoms with Crippen molar-refractivity contribution in [2.45, 2.75) is 26.7 Å². The summed E-state index contributed by atoms with van der Waals surface area (Å²) in [7, 11) is 5.82. The molecule has 158 valence electrons. The highest BCUT2D eigenvalue weighted by Crippen LogP contribution is 2.28. The molecule has 1 N–H and O–H groups in total. The molecule has 4 nitrogen and oxygen atoms in total. The highest BCUT2D eigenvalue weighted by molar-refractivity contribution is 6.11. The van der Waals surface area contributed by atoms with E-state index in [1.807, 2.05) is 38.2 Å². The Morgan fingerprint density at radius 3 is 2.63 bits per heavy atom. The Balaban J connectivity index is 2.50. The number of allylic oxidation sites excluding steroid dienone is 4. The summed E-state index contributed by atoms with van der Waals surface area (Å²) in [4.78, 5) is 11.2. The maximum Gasteiger partial charge on any atom is 0.134 e. The van der Waals surface area contributed by atoms with Crippen LogP contribution in [0.25, 0.3) is 22.4 Å². The zero-order chi connectivity index (χ0) is 21.9. The fourth-order valence-corrected chi connectivity index (χ4v) is 3.19. The van der Waals surface area contributed by atoms with Crippen LogP contribution in [0.3, 0.4) is 0 Å². The normalized spacial score (nSPS) is 12.3. The van der Waals surface area contributed by atoms with E-state index in [1.54, 1.807) is 7.05 Å². The Morgan fingerprint density at radius 2 is 2.00 bits per heavy atom. The van der Waals surface area contributed by atoms with Crippen molar-refractivity contribution in [2.24, 2.45) is 4.99 Å². The van der Waals surface area contributed by atoms with Crippen LogP contribution in [0.5, 0.6) is 0 Å². The van der Waals surface area contributed by atoms with Gasteiger partial charge in [0.1, 0.15) is 5.82 Å². The number of aliphatic imine (C=N–C) groups is 1. The van der Waals surface area contributed by atoms with Crippen molar-refractivity contribution in [3.05, 3.63) is 72.5 Å². The quantitative estimate of drug-likeness (QED) is 0.294. The average molecular weight is 403 g/mol. The van der Waals surface area contributed by atoms with Crippen molar-refractivity contribution in [2.75, 3.05) is 33.0 Å². The molecule has 0 fully saturated rings. The molecule has 0 saturated heterocycles. The van der Waals surface area contributed by atoms with Crippen LogP contribution in [0, 0.1) is 0 Å². The largest absolute Gasteiger partial charge is 0.383 e. The lowest BCUT2D eigenvalue weighted by Crippen LogP contribution is -2.07. The highest BCUT2D eigenvalue weighted by atomic mass is 15.0. The number of hydrogen-bond acceptors (Lipinski definition) is 4. The number of hydrogen-bond donors (Lipinski definition) is 1. The first-order chi connectivity index (χ1) is 14.5. The van der Waals surface area contributed by atoms with Gasteiger partial charge in [0.15, 0.2) is 0 Å². The van der Waals surface area contributed by atoms with E-state index < -0.39 is 0 Å². The van der Waals surface area contributed by atoms with E-state index in [9.17, 15) is 0 Å². The Kier molecular flexibility index (Phi) is 9.07. The Hall–Kier alpha value is -3.14. The van der Waals surface area contributed by atoms with Gasteiger partial charge in [0.05, 0.1) is 5.69 Å². The van der Waals surface area contributed by atoms with Gasteiger partial charge in [0, 0.05) is 51.2 Å². The van der Waals surface area contributed by atoms with Gasteiger partial charge in [0.25, 0.3) is 0 Å². The first kappa shape index (κ1) is 23.1. The minimum Gasteiger partial charge on any atom is -0.383 e. The number of anilines is 1. The minimum atomic E-state index is 0.895. The fourth-order valence-electron chi connectivity index (χ4n) is 3.19. The number of pyridine rings is 1. The van der Waals surface area contributed by atoms with E-state index in [2.05, 4.69) is 72.5 Å². The second-order valence-corrected chi connectivity index (χ2v) is 7.34. The molecule has 0 aliphatic rings. The number of nitrogens with zero attached hydrogens (tertiary/aromatic N) is 3. The predicted molar refractivity (Wildman–Crippen MR) is 133 cm³/mol. The van der Waals surface area contributed by atoms with Gasteiger partial charge in [-0.2, -0.15) is 0 Å². The molecule has 0 spiro atoms. The van der Waals surface area contributed by atoms with Crippen LogP contribution < -0.4 is 5.32 Å². The Bertz CT molecular complexity index is 936. The van der Waals surface area contributed by atoms with Crippen molar-refractivity contribution in [1.82, 2.24) is 9.88 Å². The number of rotatable bonds is 10. The van der Waals surface area contributed by atoms with Crippen molar-refractivity contribution < 1.29 is 0 Å². The summed E-state index contributed by atoms with van der Waals surface area (Å²) >= 11 is 0. The molecular weight excluding hydrogens is 368 g/mol. The Labute approximate surface area is 181 Å². The molecular formula is C26H34N4. The van der Waals surface area contributed by atoms with Gasteiger partial charge in [-0.3, -0.25) is 4.99 Å². The molecule has 0 unspecified atom stereocenters. The molecule has 1 aromatic heterocycles. The summed E-state index contributed by atoms with van der Waals surface area (Å²) in [5.41, 5.74) is 6.35. The number of aromatic nitrogens is 1. The molecule has 2 aromatic rings. The van der Waals surface area contributed by atoms with Crippen LogP contribution in [0.1, 0.15) is 37.8 Å². The van der Waals surface area contributed by atoms with Crippen LogP contribution in [-0.4, -0.2) is 43.8 Å². The number of nitrogens with one attached hydrogen (secondary N) is 1. The maximum absolute atomic E-state index is 4.98. The minimum absolute atomic E-state index is 0.895. The standard InChI is InChI=1S/C26H34N4/c1-7-10-16-28-26-24(20(8-2)18-27-4)14-15-25(29-26)23-13-11-12-22(17-23)21(9-3)19-30(5)6/h8-9,11-15,17-19H,3,7,10,16H2,1-2,4-6H3,(H,28,29)/b20-8+,21-19+,27-18-. The molecule has 0 saturated carbocycles. The summed E-state index contributed by atoms with van der Waals surface area (Å²) in [6, 6.07) is 12.6. The SMILES string of the molecule is C=C/C(=C\N(C)C)c1cccc(-c2ccc(C(/C=N\C)=C/C)c(NCCCC)n2)c1. The molecule has 0 radical (unpaired) electrons. The third kappa shape index (κ3) is 6.18. The molecule has 0 atom stereocenters. The molecule has 2 rings (SSSR count). The average Bonchev–Trinajstić information content (AvgIpc) is 2.76. The van der Waals surface area contributed by atoms with Crippen LogP contribution in [0.2, 0.25) is 0 Å². The molecule has 0 bridgehead atoms. The highest BCUT2D eigenvalue weighted by Gasteiger charge is 2.11. The topological polar surface area (TPSA) is 40.5 Å². The van der Waals surface area contributed by atoms with E-state index in [1.165, 1.54) is 0 Å². The smallest absolute Gasteiger partial charge is 0.134 e. The van der Waals surface area contributed by atoms with E-state index >= 15 is 0 Å². The third-order valence-electron chi connectivity index (χ3n) is 4.72. The van der Waals surface area contributed by atoms with Crippen LogP contribution in [0.4, 0.5) is 5.82 Å². The van der Waals surface area contributed by atoms with Crippen molar-refractivity contribution >= 4 is 23.2 Å². The molecule has 0 aliphatic carbocycles. The van der Waals surface area contributed by atoms with Gasteiger partial charge >= 0.3 is 0 Å². The fraction of sp³-hybridized carbons (Fsp3) is 0.308. The summed E-state index contributed by atoms with van der Waals surface area (Å²) < 4.78 is 0. The van der Waals surface area contributed by atoms with Crippen molar-refractivity contribution in [1.29, 1.82) is 0 Å².